The van der Waals surface area contributed by atoms with Crippen LogP contribution in [0.25, 0.3) is 22.8 Å². The molecule has 0 unspecified atom stereocenters. The molecule has 0 amide bonds. The van der Waals surface area contributed by atoms with E-state index in [1.165, 1.54) is 0 Å². The van der Waals surface area contributed by atoms with Gasteiger partial charge in [0.15, 0.2) is 0 Å². The van der Waals surface area contributed by atoms with Crippen LogP contribution in [-0.4, -0.2) is 15.0 Å². The van der Waals surface area contributed by atoms with Gasteiger partial charge >= 0.3 is 0 Å². The summed E-state index contributed by atoms with van der Waals surface area (Å²) in [4.78, 5) is 13.1. The Morgan fingerprint density at radius 2 is 1.30 bits per heavy atom. The van der Waals surface area contributed by atoms with Gasteiger partial charge in [0.2, 0.25) is 0 Å². The molecule has 0 spiro atoms. The lowest BCUT2D eigenvalue weighted by Gasteiger charge is -2.09. The Balaban J connectivity index is 2.16. The minimum atomic E-state index is 0.654. The number of hydrogen-bond acceptors (Lipinski definition) is 3. The molecule has 3 heteroatoms. The summed E-state index contributed by atoms with van der Waals surface area (Å²) in [5.74, 6) is 2.40. The topological polar surface area (TPSA) is 38.7 Å². The molecule has 0 saturated heterocycles. The van der Waals surface area contributed by atoms with E-state index in [0.29, 0.717) is 17.0 Å². The predicted molar refractivity (Wildman–Crippen MR) is 76.9 cm³/mol. The largest absolute Gasteiger partial charge is 0.366 e. The van der Waals surface area contributed by atoms with Gasteiger partial charge in [0.05, 0.1) is 22.8 Å². The van der Waals surface area contributed by atoms with E-state index in [1.807, 2.05) is 36.4 Å². The highest BCUT2D eigenvalue weighted by atomic mass is 14.8. The first-order chi connectivity index (χ1) is 9.86. The Morgan fingerprint density at radius 3 is 1.70 bits per heavy atom. The molecule has 20 heavy (non-hydrogen) atoms. The van der Waals surface area contributed by atoms with Gasteiger partial charge in [-0.3, -0.25) is 15.9 Å². The van der Waals surface area contributed by atoms with Crippen LogP contribution in [0.3, 0.4) is 0 Å². The zero-order valence-electron chi connectivity index (χ0n) is 10.6. The van der Waals surface area contributed by atoms with Gasteiger partial charge in [0.1, 0.15) is 0 Å². The van der Waals surface area contributed by atoms with Crippen LogP contribution >= 0.6 is 0 Å². The molecule has 0 fully saturated rings. The van der Waals surface area contributed by atoms with Crippen LogP contribution in [0.1, 0.15) is 5.56 Å². The van der Waals surface area contributed by atoms with E-state index in [-0.39, 0.29) is 0 Å². The van der Waals surface area contributed by atoms with Gasteiger partial charge in [-0.1, -0.05) is 12.1 Å². The second-order valence-electron chi connectivity index (χ2n) is 4.18. The van der Waals surface area contributed by atoms with Crippen molar-refractivity contribution in [3.8, 4) is 28.7 Å². The van der Waals surface area contributed by atoms with E-state index < -0.39 is 0 Å². The van der Waals surface area contributed by atoms with E-state index in [4.69, 9.17) is 6.42 Å². The smallest absolute Gasteiger partial charge is 0.0871 e. The molecule has 3 heterocycles. The number of hydrogen-bond donors (Lipinski definition) is 0. The van der Waals surface area contributed by atoms with Crippen LogP contribution < -0.4 is 0 Å². The summed E-state index contributed by atoms with van der Waals surface area (Å²) in [7, 11) is 0. The first-order valence-corrected chi connectivity index (χ1v) is 6.14. The third-order valence-corrected chi connectivity index (χ3v) is 2.82. The average Bonchev–Trinajstić information content (AvgIpc) is 2.56. The van der Waals surface area contributed by atoms with Crippen molar-refractivity contribution in [2.24, 2.45) is 0 Å². The highest BCUT2D eigenvalue weighted by molar-refractivity contribution is 5.64. The molecule has 0 bridgehead atoms. The SMILES string of the molecule is [C-]#Cc1cc(-c2ccccn2)nc(-c2ccccn2)c1. The van der Waals surface area contributed by atoms with Gasteiger partial charge in [-0.25, -0.2) is 4.98 Å². The fourth-order valence-electron chi connectivity index (χ4n) is 1.89. The second-order valence-corrected chi connectivity index (χ2v) is 4.18. The lowest BCUT2D eigenvalue weighted by Crippen LogP contribution is -1.93. The van der Waals surface area contributed by atoms with Crippen molar-refractivity contribution in [3.05, 3.63) is 72.9 Å². The first kappa shape index (κ1) is 12.1. The number of rotatable bonds is 2. The Hall–Kier alpha value is -2.99. The van der Waals surface area contributed by atoms with Gasteiger partial charge in [-0.2, -0.15) is 0 Å². The Labute approximate surface area is 117 Å². The van der Waals surface area contributed by atoms with Crippen LogP contribution in [0, 0.1) is 12.3 Å². The third-order valence-electron chi connectivity index (χ3n) is 2.82. The van der Waals surface area contributed by atoms with E-state index >= 15 is 0 Å². The Kier molecular flexibility index (Phi) is 3.22. The normalized spacial score (nSPS) is 9.95. The van der Waals surface area contributed by atoms with Crippen LogP contribution in [-0.2, 0) is 0 Å². The summed E-state index contributed by atoms with van der Waals surface area (Å²) in [6.45, 7) is 0. The Morgan fingerprint density at radius 1 is 0.750 bits per heavy atom. The summed E-state index contributed by atoms with van der Waals surface area (Å²) in [6, 6.07) is 14.9. The quantitative estimate of drug-likeness (QED) is 0.522. The van der Waals surface area contributed by atoms with E-state index in [2.05, 4.69) is 20.9 Å². The van der Waals surface area contributed by atoms with Crippen LogP contribution in [0.15, 0.2) is 60.9 Å². The maximum atomic E-state index is 7.34. The van der Waals surface area contributed by atoms with Crippen LogP contribution in [0.2, 0.25) is 0 Å². The van der Waals surface area contributed by atoms with E-state index in [0.717, 1.165) is 11.4 Å². The van der Waals surface area contributed by atoms with Crippen LogP contribution in [0.4, 0.5) is 0 Å². The zero-order chi connectivity index (χ0) is 13.8. The molecule has 3 aromatic heterocycles. The van der Waals surface area contributed by atoms with Gasteiger partial charge in [0, 0.05) is 12.4 Å². The Bertz CT molecular complexity index is 701. The highest BCUT2D eigenvalue weighted by Crippen LogP contribution is 2.21. The molecule has 0 atom stereocenters. The summed E-state index contributed by atoms with van der Waals surface area (Å²) >= 11 is 0. The van der Waals surface area contributed by atoms with Crippen molar-refractivity contribution in [2.45, 2.75) is 0 Å². The minimum Gasteiger partial charge on any atom is -0.366 e. The van der Waals surface area contributed by atoms with Crippen molar-refractivity contribution >= 4 is 0 Å². The summed E-state index contributed by atoms with van der Waals surface area (Å²) in [5.41, 5.74) is 3.61. The molecule has 0 N–H and O–H groups in total. The van der Waals surface area contributed by atoms with Gasteiger partial charge in [-0.15, -0.1) is 17.7 Å². The third kappa shape index (κ3) is 2.40. The number of aromatic nitrogens is 3. The molecule has 3 aromatic rings. The van der Waals surface area contributed by atoms with Crippen molar-refractivity contribution in [3.63, 3.8) is 0 Å². The molecule has 0 aliphatic heterocycles. The van der Waals surface area contributed by atoms with Gasteiger partial charge < -0.3 is 6.42 Å². The molecule has 0 radical (unpaired) electrons. The molecule has 0 aliphatic carbocycles. The molecular weight excluding hydrogens is 246 g/mol. The average molecular weight is 256 g/mol. The summed E-state index contributed by atoms with van der Waals surface area (Å²) in [5, 5.41) is 0. The summed E-state index contributed by atoms with van der Waals surface area (Å²) < 4.78 is 0. The predicted octanol–water partition coefficient (Wildman–Crippen LogP) is 3.14. The molecule has 94 valence electrons. The minimum absolute atomic E-state index is 0.654. The lowest BCUT2D eigenvalue weighted by atomic mass is 10.1. The maximum Gasteiger partial charge on any atom is 0.0871 e. The molecule has 3 rings (SSSR count). The van der Waals surface area contributed by atoms with Gasteiger partial charge in [0.25, 0.3) is 0 Å². The van der Waals surface area contributed by atoms with Crippen molar-refractivity contribution in [1.29, 1.82) is 0 Å². The van der Waals surface area contributed by atoms with Crippen LogP contribution in [0.5, 0.6) is 0 Å². The highest BCUT2D eigenvalue weighted by Gasteiger charge is 2.04. The second kappa shape index (κ2) is 5.33. The van der Waals surface area contributed by atoms with Crippen molar-refractivity contribution < 1.29 is 0 Å². The molecule has 0 aromatic carbocycles. The van der Waals surface area contributed by atoms with E-state index in [1.54, 1.807) is 24.5 Å². The monoisotopic (exact) mass is 256 g/mol. The zero-order valence-corrected chi connectivity index (χ0v) is 10.6. The lowest BCUT2D eigenvalue weighted by molar-refractivity contribution is 1.21. The fraction of sp³-hybridized carbons (Fsp3) is 0. The summed E-state index contributed by atoms with van der Waals surface area (Å²) in [6.07, 6.45) is 10.8. The molecule has 0 saturated carbocycles. The van der Waals surface area contributed by atoms with E-state index in [9.17, 15) is 0 Å². The fourth-order valence-corrected chi connectivity index (χ4v) is 1.89. The number of pyridine rings is 3. The standard InChI is InChI=1S/C17H10N3/c1-2-13-11-16(14-7-3-5-9-18-14)20-17(12-13)15-8-4-6-10-19-15/h3-12H/q-1. The number of nitrogens with zero attached hydrogens (tertiary/aromatic N) is 3. The molecular formula is C17H10N3-. The molecule has 3 nitrogen and oxygen atoms in total. The molecule has 0 aliphatic rings. The van der Waals surface area contributed by atoms with Crippen molar-refractivity contribution in [1.82, 2.24) is 15.0 Å². The van der Waals surface area contributed by atoms with Gasteiger partial charge in [-0.05, 0) is 24.3 Å². The van der Waals surface area contributed by atoms with Crippen molar-refractivity contribution in [2.75, 3.05) is 0 Å². The maximum absolute atomic E-state index is 7.34. The first-order valence-electron chi connectivity index (χ1n) is 6.14.